The Hall–Kier alpha value is -3.21. The number of amides is 2. The van der Waals surface area contributed by atoms with E-state index in [2.05, 4.69) is 25.3 Å². The molecular weight excluding hydrogens is 405 g/mol. The molecule has 0 saturated heterocycles. The maximum Gasteiger partial charge on any atom is 0.522 e. The van der Waals surface area contributed by atoms with Crippen molar-refractivity contribution in [2.75, 3.05) is 18.5 Å². The van der Waals surface area contributed by atoms with Gasteiger partial charge in [0, 0.05) is 24.9 Å². The van der Waals surface area contributed by atoms with Crippen LogP contribution in [0.5, 0.6) is 5.88 Å². The standard InChI is InChI=1S/C19H21F3N4O4/c1-11-8-15(10-24-18(11)29-6-7-30-19(20,21)22)17(28)25-12(2)14-4-5-23-16(9-14)26-13(3)27/h4-5,8-10,12H,6-7H2,1-3H3,(H,25,28)(H,23,26,27). The summed E-state index contributed by atoms with van der Waals surface area (Å²) in [5.74, 6) is -0.179. The van der Waals surface area contributed by atoms with Crippen molar-refractivity contribution in [1.82, 2.24) is 15.3 Å². The normalized spacial score (nSPS) is 12.2. The quantitative estimate of drug-likeness (QED) is 0.629. The summed E-state index contributed by atoms with van der Waals surface area (Å²) in [6.07, 6.45) is -1.93. The smallest absolute Gasteiger partial charge is 0.475 e. The highest BCUT2D eigenvalue weighted by Crippen LogP contribution is 2.19. The zero-order valence-corrected chi connectivity index (χ0v) is 16.5. The number of alkyl halides is 3. The molecule has 0 saturated carbocycles. The highest BCUT2D eigenvalue weighted by molar-refractivity contribution is 5.94. The molecule has 0 radical (unpaired) electrons. The fourth-order valence-electron chi connectivity index (χ4n) is 2.46. The molecule has 2 rings (SSSR count). The Morgan fingerprint density at radius 1 is 1.20 bits per heavy atom. The monoisotopic (exact) mass is 426 g/mol. The van der Waals surface area contributed by atoms with Gasteiger partial charge in [-0.3, -0.25) is 14.3 Å². The van der Waals surface area contributed by atoms with E-state index in [-0.39, 0.29) is 30.0 Å². The third-order valence-corrected chi connectivity index (χ3v) is 3.82. The molecule has 2 amide bonds. The van der Waals surface area contributed by atoms with E-state index < -0.39 is 18.9 Å². The zero-order valence-electron chi connectivity index (χ0n) is 16.5. The van der Waals surface area contributed by atoms with Crippen LogP contribution in [0.3, 0.4) is 0 Å². The van der Waals surface area contributed by atoms with Gasteiger partial charge in [0.15, 0.2) is 0 Å². The number of hydrogen-bond donors (Lipinski definition) is 2. The third-order valence-electron chi connectivity index (χ3n) is 3.82. The number of hydrogen-bond acceptors (Lipinski definition) is 6. The first-order chi connectivity index (χ1) is 14.0. The summed E-state index contributed by atoms with van der Waals surface area (Å²) < 4.78 is 44.6. The molecular formula is C19H21F3N4O4. The Morgan fingerprint density at radius 3 is 2.57 bits per heavy atom. The third kappa shape index (κ3) is 7.32. The molecule has 1 unspecified atom stereocenters. The Balaban J connectivity index is 1.97. The fraction of sp³-hybridized carbons (Fsp3) is 0.368. The van der Waals surface area contributed by atoms with Crippen molar-refractivity contribution in [2.45, 2.75) is 33.2 Å². The highest BCUT2D eigenvalue weighted by Gasteiger charge is 2.28. The lowest BCUT2D eigenvalue weighted by atomic mass is 10.1. The van der Waals surface area contributed by atoms with Gasteiger partial charge >= 0.3 is 6.36 Å². The number of halogens is 3. The van der Waals surface area contributed by atoms with Gasteiger partial charge in [-0.25, -0.2) is 9.97 Å². The first-order valence-electron chi connectivity index (χ1n) is 8.89. The van der Waals surface area contributed by atoms with Crippen LogP contribution in [0.15, 0.2) is 30.6 Å². The van der Waals surface area contributed by atoms with Crippen LogP contribution in [0.4, 0.5) is 19.0 Å². The summed E-state index contributed by atoms with van der Waals surface area (Å²) >= 11 is 0. The van der Waals surface area contributed by atoms with E-state index in [0.717, 1.165) is 5.56 Å². The molecule has 0 aromatic carbocycles. The molecule has 162 valence electrons. The Kier molecular flexibility index (Phi) is 7.70. The Labute approximate surface area is 170 Å². The Morgan fingerprint density at radius 2 is 1.93 bits per heavy atom. The maximum absolute atomic E-state index is 12.5. The second-order valence-electron chi connectivity index (χ2n) is 6.34. The van der Waals surface area contributed by atoms with Crippen LogP contribution in [-0.4, -0.2) is 41.4 Å². The first-order valence-corrected chi connectivity index (χ1v) is 8.89. The SMILES string of the molecule is CC(=O)Nc1cc(C(C)NC(=O)c2cnc(OCCOC(F)(F)F)c(C)c2)ccn1. The number of aryl methyl sites for hydroxylation is 1. The van der Waals surface area contributed by atoms with Crippen molar-refractivity contribution in [1.29, 1.82) is 0 Å². The molecule has 2 aromatic heterocycles. The number of nitrogens with one attached hydrogen (secondary N) is 2. The minimum Gasteiger partial charge on any atom is -0.475 e. The van der Waals surface area contributed by atoms with Gasteiger partial charge in [0.05, 0.1) is 18.2 Å². The largest absolute Gasteiger partial charge is 0.522 e. The van der Waals surface area contributed by atoms with Crippen molar-refractivity contribution in [3.63, 3.8) is 0 Å². The molecule has 2 aromatic rings. The van der Waals surface area contributed by atoms with Gasteiger partial charge in [0.1, 0.15) is 12.4 Å². The summed E-state index contributed by atoms with van der Waals surface area (Å²) in [6.45, 7) is 3.75. The van der Waals surface area contributed by atoms with E-state index in [9.17, 15) is 22.8 Å². The van der Waals surface area contributed by atoms with Gasteiger partial charge in [-0.15, -0.1) is 13.2 Å². The first kappa shape index (κ1) is 23.1. The number of anilines is 1. The average Bonchev–Trinajstić information content (AvgIpc) is 2.65. The molecule has 0 aliphatic rings. The number of carbonyl (C=O) groups excluding carboxylic acids is 2. The Bertz CT molecular complexity index is 906. The predicted molar refractivity (Wildman–Crippen MR) is 101 cm³/mol. The molecule has 11 heteroatoms. The fourth-order valence-corrected chi connectivity index (χ4v) is 2.46. The van der Waals surface area contributed by atoms with Crippen LogP contribution in [0.2, 0.25) is 0 Å². The van der Waals surface area contributed by atoms with Crippen molar-refractivity contribution in [2.24, 2.45) is 0 Å². The van der Waals surface area contributed by atoms with Crippen LogP contribution in [0.25, 0.3) is 0 Å². The molecule has 0 aliphatic heterocycles. The predicted octanol–water partition coefficient (Wildman–Crippen LogP) is 3.15. The lowest BCUT2D eigenvalue weighted by Crippen LogP contribution is -2.27. The molecule has 0 bridgehead atoms. The lowest BCUT2D eigenvalue weighted by Gasteiger charge is -2.16. The van der Waals surface area contributed by atoms with Crippen molar-refractivity contribution >= 4 is 17.6 Å². The molecule has 1 atom stereocenters. The zero-order chi connectivity index (χ0) is 22.3. The molecule has 2 N–H and O–H groups in total. The van der Waals surface area contributed by atoms with E-state index in [1.807, 2.05) is 0 Å². The summed E-state index contributed by atoms with van der Waals surface area (Å²) in [6, 6.07) is 4.49. The second kappa shape index (κ2) is 10.0. The van der Waals surface area contributed by atoms with Gasteiger partial charge in [-0.05, 0) is 37.6 Å². The average molecular weight is 426 g/mol. The van der Waals surface area contributed by atoms with Gasteiger partial charge < -0.3 is 15.4 Å². The minimum absolute atomic E-state index is 0.111. The van der Waals surface area contributed by atoms with E-state index in [4.69, 9.17) is 4.74 Å². The van der Waals surface area contributed by atoms with Crippen LogP contribution in [0, 0.1) is 6.92 Å². The molecule has 2 heterocycles. The molecule has 8 nitrogen and oxygen atoms in total. The minimum atomic E-state index is -4.72. The number of carbonyl (C=O) groups is 2. The summed E-state index contributed by atoms with van der Waals surface area (Å²) in [5.41, 5.74) is 1.48. The van der Waals surface area contributed by atoms with Gasteiger partial charge in [0.25, 0.3) is 5.91 Å². The van der Waals surface area contributed by atoms with Crippen LogP contribution >= 0.6 is 0 Å². The van der Waals surface area contributed by atoms with Crippen molar-refractivity contribution < 1.29 is 32.2 Å². The number of rotatable bonds is 8. The summed E-state index contributed by atoms with van der Waals surface area (Å²) in [5, 5.41) is 5.37. The second-order valence-corrected chi connectivity index (χ2v) is 6.34. The van der Waals surface area contributed by atoms with Crippen LogP contribution in [-0.2, 0) is 9.53 Å². The van der Waals surface area contributed by atoms with E-state index >= 15 is 0 Å². The number of ether oxygens (including phenoxy) is 2. The number of aromatic nitrogens is 2. The molecule has 0 aliphatic carbocycles. The van der Waals surface area contributed by atoms with E-state index in [1.54, 1.807) is 26.0 Å². The van der Waals surface area contributed by atoms with E-state index in [1.165, 1.54) is 25.4 Å². The highest BCUT2D eigenvalue weighted by atomic mass is 19.4. The summed E-state index contributed by atoms with van der Waals surface area (Å²) in [4.78, 5) is 31.7. The van der Waals surface area contributed by atoms with Crippen molar-refractivity contribution in [3.05, 3.63) is 47.3 Å². The van der Waals surface area contributed by atoms with Crippen LogP contribution < -0.4 is 15.4 Å². The maximum atomic E-state index is 12.5. The van der Waals surface area contributed by atoms with Crippen LogP contribution in [0.1, 0.15) is 41.4 Å². The lowest BCUT2D eigenvalue weighted by molar-refractivity contribution is -0.325. The number of nitrogens with zero attached hydrogens (tertiary/aromatic N) is 2. The topological polar surface area (TPSA) is 102 Å². The molecule has 30 heavy (non-hydrogen) atoms. The van der Waals surface area contributed by atoms with Gasteiger partial charge in [-0.2, -0.15) is 0 Å². The number of pyridine rings is 2. The van der Waals surface area contributed by atoms with Gasteiger partial charge in [0.2, 0.25) is 11.8 Å². The van der Waals surface area contributed by atoms with Gasteiger partial charge in [-0.1, -0.05) is 0 Å². The summed E-state index contributed by atoms with van der Waals surface area (Å²) in [7, 11) is 0. The molecule has 0 spiro atoms. The van der Waals surface area contributed by atoms with Crippen molar-refractivity contribution in [3.8, 4) is 5.88 Å². The van der Waals surface area contributed by atoms with E-state index in [0.29, 0.717) is 11.4 Å². The molecule has 0 fully saturated rings.